The van der Waals surface area contributed by atoms with E-state index in [9.17, 15) is 9.59 Å². The van der Waals surface area contributed by atoms with Gasteiger partial charge >= 0.3 is 0 Å². The Bertz CT molecular complexity index is 1540. The molecule has 40 heavy (non-hydrogen) atoms. The number of ether oxygens (including phenoxy) is 2. The van der Waals surface area contributed by atoms with Crippen LogP contribution in [-0.4, -0.2) is 25.9 Å². The van der Waals surface area contributed by atoms with Crippen molar-refractivity contribution < 1.29 is 23.5 Å². The van der Waals surface area contributed by atoms with Gasteiger partial charge in [-0.25, -0.2) is 4.39 Å². The van der Waals surface area contributed by atoms with E-state index in [1.807, 2.05) is 37.3 Å². The molecular formula is C32H30ClFN2O4. The van der Waals surface area contributed by atoms with Gasteiger partial charge < -0.3 is 20.1 Å². The van der Waals surface area contributed by atoms with Crippen LogP contribution in [0.4, 0.5) is 10.1 Å². The number of nitrogens with one attached hydrogen (secondary N) is 2. The molecule has 0 fully saturated rings. The molecule has 2 N–H and O–H groups in total. The molecule has 0 spiro atoms. The Kier molecular flexibility index (Phi) is 7.68. The summed E-state index contributed by atoms with van der Waals surface area (Å²) in [6.07, 6.45) is 0.674. The largest absolute Gasteiger partial charge is 0.493 e. The highest BCUT2D eigenvalue weighted by Crippen LogP contribution is 2.48. The van der Waals surface area contributed by atoms with E-state index in [1.165, 1.54) is 12.1 Å². The minimum absolute atomic E-state index is 0.115. The molecule has 3 aromatic carbocycles. The van der Waals surface area contributed by atoms with Crippen molar-refractivity contribution in [1.82, 2.24) is 5.32 Å². The SMILES string of the molecule is COc1ccc([C@H]2CC(=O)C3=C(C2)NC(C)=C(C(=O)Nc2ccc(C)cc2)[C@H]3c2c(F)cccc2Cl)cc1OC. The molecule has 2 atom stereocenters. The molecule has 3 aromatic rings. The van der Waals surface area contributed by atoms with Gasteiger partial charge in [0, 0.05) is 45.2 Å². The smallest absolute Gasteiger partial charge is 0.254 e. The fraction of sp³-hybridized carbons (Fsp3) is 0.250. The van der Waals surface area contributed by atoms with E-state index in [0.717, 1.165) is 11.1 Å². The van der Waals surface area contributed by atoms with E-state index in [0.29, 0.717) is 40.6 Å². The number of carbonyl (C=O) groups is 2. The Morgan fingerprint density at radius 3 is 2.40 bits per heavy atom. The number of amides is 1. The maximum Gasteiger partial charge on any atom is 0.254 e. The monoisotopic (exact) mass is 560 g/mol. The molecule has 5 rings (SSSR count). The van der Waals surface area contributed by atoms with Gasteiger partial charge in [-0.3, -0.25) is 9.59 Å². The zero-order valence-electron chi connectivity index (χ0n) is 22.7. The van der Waals surface area contributed by atoms with Crippen molar-refractivity contribution in [1.29, 1.82) is 0 Å². The fourth-order valence-electron chi connectivity index (χ4n) is 5.59. The van der Waals surface area contributed by atoms with Crippen LogP contribution in [0.2, 0.25) is 5.02 Å². The highest BCUT2D eigenvalue weighted by molar-refractivity contribution is 6.31. The van der Waals surface area contributed by atoms with E-state index in [1.54, 1.807) is 39.3 Å². The Hall–Kier alpha value is -4.10. The number of carbonyl (C=O) groups excluding carboxylic acids is 2. The molecule has 8 heteroatoms. The number of aryl methyl sites for hydroxylation is 1. The van der Waals surface area contributed by atoms with Crippen molar-refractivity contribution in [2.24, 2.45) is 0 Å². The van der Waals surface area contributed by atoms with Crippen LogP contribution >= 0.6 is 11.6 Å². The third-order valence-corrected chi connectivity index (χ3v) is 7.88. The summed E-state index contributed by atoms with van der Waals surface area (Å²) in [4.78, 5) is 27.6. The first-order chi connectivity index (χ1) is 19.2. The lowest BCUT2D eigenvalue weighted by Gasteiger charge is -2.37. The number of dihydropyridines is 1. The van der Waals surface area contributed by atoms with Gasteiger partial charge in [-0.1, -0.05) is 41.4 Å². The number of Topliss-reactive ketones (excluding diaryl/α,β-unsaturated/α-hetero) is 1. The average Bonchev–Trinajstić information content (AvgIpc) is 2.93. The fourth-order valence-corrected chi connectivity index (χ4v) is 5.87. The van der Waals surface area contributed by atoms with Crippen LogP contribution in [0.3, 0.4) is 0 Å². The van der Waals surface area contributed by atoms with Gasteiger partial charge in [-0.2, -0.15) is 0 Å². The van der Waals surface area contributed by atoms with Crippen LogP contribution in [-0.2, 0) is 9.59 Å². The van der Waals surface area contributed by atoms with Gasteiger partial charge in [0.2, 0.25) is 0 Å². The summed E-state index contributed by atoms with van der Waals surface area (Å²) < 4.78 is 26.3. The molecular weight excluding hydrogens is 531 g/mol. The molecule has 2 aliphatic rings. The molecule has 1 aliphatic carbocycles. The van der Waals surface area contributed by atoms with Crippen molar-refractivity contribution in [3.05, 3.63) is 111 Å². The minimum Gasteiger partial charge on any atom is -0.493 e. The van der Waals surface area contributed by atoms with Crippen LogP contribution in [0, 0.1) is 12.7 Å². The first kappa shape index (κ1) is 27.5. The highest BCUT2D eigenvalue weighted by atomic mass is 35.5. The number of anilines is 1. The van der Waals surface area contributed by atoms with Gasteiger partial charge in [0.05, 0.1) is 20.1 Å². The molecule has 1 aliphatic heterocycles. The summed E-state index contributed by atoms with van der Waals surface area (Å²) in [6.45, 7) is 3.72. The summed E-state index contributed by atoms with van der Waals surface area (Å²) in [5, 5.41) is 6.39. The van der Waals surface area contributed by atoms with Crippen LogP contribution < -0.4 is 20.1 Å². The molecule has 0 saturated heterocycles. The second kappa shape index (κ2) is 11.2. The number of hydrogen-bond acceptors (Lipinski definition) is 5. The second-order valence-corrected chi connectivity index (χ2v) is 10.5. The summed E-state index contributed by atoms with van der Waals surface area (Å²) in [6, 6.07) is 17.4. The Morgan fingerprint density at radius 1 is 1.00 bits per heavy atom. The van der Waals surface area contributed by atoms with Gasteiger partial charge in [0.15, 0.2) is 17.3 Å². The van der Waals surface area contributed by atoms with Crippen molar-refractivity contribution in [2.45, 2.75) is 38.5 Å². The molecule has 6 nitrogen and oxygen atoms in total. The number of methoxy groups -OCH3 is 2. The van der Waals surface area contributed by atoms with E-state index in [-0.39, 0.29) is 34.3 Å². The lowest BCUT2D eigenvalue weighted by molar-refractivity contribution is -0.116. The molecule has 0 bridgehead atoms. The van der Waals surface area contributed by atoms with Gasteiger partial charge in [-0.05, 0) is 68.1 Å². The van der Waals surface area contributed by atoms with Gasteiger partial charge in [0.25, 0.3) is 5.91 Å². The first-order valence-electron chi connectivity index (χ1n) is 13.0. The quantitative estimate of drug-likeness (QED) is 0.346. The summed E-state index contributed by atoms with van der Waals surface area (Å²) in [5.74, 6) is -1.12. The van der Waals surface area contributed by atoms with E-state index in [2.05, 4.69) is 10.6 Å². The third-order valence-electron chi connectivity index (χ3n) is 7.55. The van der Waals surface area contributed by atoms with Gasteiger partial charge in [-0.15, -0.1) is 0 Å². The van der Waals surface area contributed by atoms with Crippen molar-refractivity contribution >= 4 is 29.0 Å². The highest BCUT2D eigenvalue weighted by Gasteiger charge is 2.42. The van der Waals surface area contributed by atoms with Crippen LogP contribution in [0.1, 0.15) is 48.3 Å². The Labute approximate surface area is 237 Å². The molecule has 0 saturated carbocycles. The lowest BCUT2D eigenvalue weighted by atomic mass is 9.71. The predicted molar refractivity (Wildman–Crippen MR) is 153 cm³/mol. The molecule has 206 valence electrons. The normalized spacial score (nSPS) is 18.7. The topological polar surface area (TPSA) is 76.7 Å². The van der Waals surface area contributed by atoms with Crippen LogP contribution in [0.25, 0.3) is 0 Å². The van der Waals surface area contributed by atoms with Crippen LogP contribution in [0.5, 0.6) is 11.5 Å². The number of hydrogen-bond donors (Lipinski definition) is 2. The number of halogens is 2. The van der Waals surface area contributed by atoms with E-state index >= 15 is 4.39 Å². The van der Waals surface area contributed by atoms with Crippen LogP contribution in [0.15, 0.2) is 83.2 Å². The van der Waals surface area contributed by atoms with Gasteiger partial charge in [0.1, 0.15) is 5.82 Å². The molecule has 0 aromatic heterocycles. The van der Waals surface area contributed by atoms with E-state index < -0.39 is 17.6 Å². The zero-order valence-corrected chi connectivity index (χ0v) is 23.5. The molecule has 0 radical (unpaired) electrons. The number of benzene rings is 3. The molecule has 1 heterocycles. The second-order valence-electron chi connectivity index (χ2n) is 10.1. The maximum absolute atomic E-state index is 15.4. The average molecular weight is 561 g/mol. The van der Waals surface area contributed by atoms with Crippen molar-refractivity contribution in [3.8, 4) is 11.5 Å². The van der Waals surface area contributed by atoms with Crippen molar-refractivity contribution in [2.75, 3.05) is 19.5 Å². The lowest BCUT2D eigenvalue weighted by Crippen LogP contribution is -2.37. The minimum atomic E-state index is -0.964. The first-order valence-corrected chi connectivity index (χ1v) is 13.4. The number of rotatable bonds is 6. The number of allylic oxidation sites excluding steroid dienone is 3. The molecule has 0 unspecified atom stereocenters. The zero-order chi connectivity index (χ0) is 28.6. The summed E-state index contributed by atoms with van der Waals surface area (Å²) >= 11 is 6.55. The van der Waals surface area contributed by atoms with E-state index in [4.69, 9.17) is 21.1 Å². The maximum atomic E-state index is 15.4. The summed E-state index contributed by atoms with van der Waals surface area (Å²) in [7, 11) is 3.14. The predicted octanol–water partition coefficient (Wildman–Crippen LogP) is 6.81. The van der Waals surface area contributed by atoms with Crippen molar-refractivity contribution in [3.63, 3.8) is 0 Å². The third kappa shape index (κ3) is 5.09. The Balaban J connectivity index is 1.58. The standard InChI is InChI=1S/C32H30ClFN2O4/c1-17-8-11-21(12-9-17)36-32(38)28-18(2)35-24-14-20(19-10-13-26(39-3)27(16-19)40-4)15-25(37)30(24)31(28)29-22(33)6-5-7-23(29)34/h5-13,16,20,31,35H,14-15H2,1-4H3,(H,36,38)/t20-,31+/m1/s1. The Morgan fingerprint density at radius 2 is 1.73 bits per heavy atom. The number of ketones is 1. The summed E-state index contributed by atoms with van der Waals surface area (Å²) in [5.41, 5.74) is 4.49. The molecule has 1 amide bonds.